The molecule has 0 atom stereocenters. The zero-order chi connectivity index (χ0) is 25.6. The van der Waals surface area contributed by atoms with Gasteiger partial charge in [-0.25, -0.2) is 9.48 Å². The lowest BCUT2D eigenvalue weighted by molar-refractivity contribution is -0.152. The van der Waals surface area contributed by atoms with E-state index in [1.54, 1.807) is 31.2 Å². The van der Waals surface area contributed by atoms with Crippen LogP contribution in [0, 0.1) is 0 Å². The van der Waals surface area contributed by atoms with Gasteiger partial charge in [0, 0.05) is 17.8 Å². The number of hydrogen-bond donors (Lipinski definition) is 1. The highest BCUT2D eigenvalue weighted by molar-refractivity contribution is 5.76. The lowest BCUT2D eigenvalue weighted by Crippen LogP contribution is -2.37. The molecule has 3 rings (SSSR count). The van der Waals surface area contributed by atoms with Crippen LogP contribution in [0.3, 0.4) is 0 Å². The van der Waals surface area contributed by atoms with Gasteiger partial charge in [0.15, 0.2) is 5.60 Å². The number of para-hydroxylation sites is 1. The molecule has 0 bridgehead atoms. The minimum atomic E-state index is -4.51. The summed E-state index contributed by atoms with van der Waals surface area (Å²) in [4.78, 5) is 11.3. The van der Waals surface area contributed by atoms with Crippen molar-refractivity contribution in [2.75, 3.05) is 13.2 Å². The number of carboxylic acid groups (broad SMARTS) is 1. The van der Waals surface area contributed by atoms with Gasteiger partial charge in [0.2, 0.25) is 5.88 Å². The SMILES string of the molecule is CCOc1nn(-c2ccccc2C(F)(F)F)cc1CCCOc1cccc(OC(C)(C)C(=O)O)c1. The standard InChI is InChI=1S/C25H27F3N2O5/c1-4-33-22-17(16-30(29-22)21-13-6-5-12-20(21)25(26,27)28)9-8-14-34-18-10-7-11-19(15-18)35-24(2,3)23(31)32/h5-7,10-13,15-16H,4,8-9,14H2,1-3H3,(H,31,32). The van der Waals surface area contributed by atoms with Gasteiger partial charge in [-0.15, -0.1) is 5.10 Å². The third-order valence-corrected chi connectivity index (χ3v) is 5.04. The Hall–Kier alpha value is -3.69. The maximum Gasteiger partial charge on any atom is 0.418 e. The fourth-order valence-electron chi connectivity index (χ4n) is 3.28. The molecule has 0 aliphatic carbocycles. The van der Waals surface area contributed by atoms with Gasteiger partial charge in [-0.2, -0.15) is 13.2 Å². The van der Waals surface area contributed by atoms with E-state index in [-0.39, 0.29) is 11.6 Å². The molecule has 35 heavy (non-hydrogen) atoms. The predicted octanol–water partition coefficient (Wildman–Crippen LogP) is 5.54. The van der Waals surface area contributed by atoms with Gasteiger partial charge in [-0.05, 0) is 57.9 Å². The highest BCUT2D eigenvalue weighted by Crippen LogP contribution is 2.34. The van der Waals surface area contributed by atoms with E-state index in [2.05, 4.69) is 5.10 Å². The lowest BCUT2D eigenvalue weighted by Gasteiger charge is -2.21. The Morgan fingerprint density at radius 2 is 1.77 bits per heavy atom. The maximum atomic E-state index is 13.4. The van der Waals surface area contributed by atoms with Crippen LogP contribution in [0.25, 0.3) is 5.69 Å². The van der Waals surface area contributed by atoms with Crippen molar-refractivity contribution < 1.29 is 37.3 Å². The van der Waals surface area contributed by atoms with Crippen LogP contribution in [0.1, 0.15) is 38.3 Å². The van der Waals surface area contributed by atoms with E-state index < -0.39 is 23.3 Å². The van der Waals surface area contributed by atoms with Crippen molar-refractivity contribution in [3.8, 4) is 23.1 Å². The molecule has 1 heterocycles. The number of carbonyl (C=O) groups is 1. The number of benzene rings is 2. The molecule has 0 saturated heterocycles. The van der Waals surface area contributed by atoms with E-state index in [1.807, 2.05) is 0 Å². The van der Waals surface area contributed by atoms with Crippen molar-refractivity contribution in [1.29, 1.82) is 0 Å². The summed E-state index contributed by atoms with van der Waals surface area (Å²) in [6.45, 7) is 5.30. The van der Waals surface area contributed by atoms with Gasteiger partial charge < -0.3 is 19.3 Å². The van der Waals surface area contributed by atoms with Crippen molar-refractivity contribution >= 4 is 5.97 Å². The van der Waals surface area contributed by atoms with Crippen LogP contribution in [-0.2, 0) is 17.4 Å². The van der Waals surface area contributed by atoms with Crippen molar-refractivity contribution in [3.05, 3.63) is 65.9 Å². The Labute approximate surface area is 201 Å². The minimum Gasteiger partial charge on any atom is -0.493 e. The maximum absolute atomic E-state index is 13.4. The van der Waals surface area contributed by atoms with Gasteiger partial charge in [-0.3, -0.25) is 0 Å². The summed E-state index contributed by atoms with van der Waals surface area (Å²) in [6, 6.07) is 11.9. The molecule has 1 N–H and O–H groups in total. The summed E-state index contributed by atoms with van der Waals surface area (Å²) in [5.74, 6) is 0.0461. The van der Waals surface area contributed by atoms with Gasteiger partial charge in [0.05, 0.1) is 24.5 Å². The number of nitrogens with zero attached hydrogens (tertiary/aromatic N) is 2. The van der Waals surface area contributed by atoms with Crippen LogP contribution >= 0.6 is 0 Å². The third kappa shape index (κ3) is 6.68. The van der Waals surface area contributed by atoms with Crippen LogP contribution < -0.4 is 14.2 Å². The topological polar surface area (TPSA) is 82.8 Å². The summed E-state index contributed by atoms with van der Waals surface area (Å²) < 4.78 is 58.3. The second-order valence-electron chi connectivity index (χ2n) is 8.20. The molecule has 188 valence electrons. The fourth-order valence-corrected chi connectivity index (χ4v) is 3.28. The molecule has 0 saturated carbocycles. The normalized spacial score (nSPS) is 11.8. The van der Waals surface area contributed by atoms with Crippen LogP contribution in [-0.4, -0.2) is 39.7 Å². The highest BCUT2D eigenvalue weighted by atomic mass is 19.4. The number of carboxylic acids is 1. The number of alkyl halides is 3. The van der Waals surface area contributed by atoms with Crippen molar-refractivity contribution in [3.63, 3.8) is 0 Å². The van der Waals surface area contributed by atoms with E-state index in [4.69, 9.17) is 14.2 Å². The third-order valence-electron chi connectivity index (χ3n) is 5.04. The Kier molecular flexibility index (Phi) is 7.93. The number of aryl methyl sites for hydroxylation is 1. The first-order valence-corrected chi connectivity index (χ1v) is 11.0. The van der Waals surface area contributed by atoms with Gasteiger partial charge in [0.25, 0.3) is 0 Å². The minimum absolute atomic E-state index is 0.0791. The van der Waals surface area contributed by atoms with Crippen LogP contribution in [0.2, 0.25) is 0 Å². The number of ether oxygens (including phenoxy) is 3. The van der Waals surface area contributed by atoms with E-state index >= 15 is 0 Å². The van der Waals surface area contributed by atoms with Gasteiger partial charge in [0.1, 0.15) is 11.5 Å². The quantitative estimate of drug-likeness (QED) is 0.354. The summed E-state index contributed by atoms with van der Waals surface area (Å²) in [5.41, 5.74) is -1.59. The molecule has 0 radical (unpaired) electrons. The molecule has 0 unspecified atom stereocenters. The fraction of sp³-hybridized carbons (Fsp3) is 0.360. The molecule has 0 spiro atoms. The summed E-state index contributed by atoms with van der Waals surface area (Å²) in [7, 11) is 0. The van der Waals surface area contributed by atoms with E-state index in [9.17, 15) is 23.1 Å². The second-order valence-corrected chi connectivity index (χ2v) is 8.20. The van der Waals surface area contributed by atoms with E-state index in [0.29, 0.717) is 43.1 Å². The van der Waals surface area contributed by atoms with E-state index in [1.165, 1.54) is 42.9 Å². The largest absolute Gasteiger partial charge is 0.493 e. The number of aliphatic carboxylic acids is 1. The number of aromatic nitrogens is 2. The molecular weight excluding hydrogens is 465 g/mol. The first kappa shape index (κ1) is 25.9. The van der Waals surface area contributed by atoms with Gasteiger partial charge >= 0.3 is 12.1 Å². The predicted molar refractivity (Wildman–Crippen MR) is 122 cm³/mol. The average molecular weight is 492 g/mol. The van der Waals surface area contributed by atoms with Gasteiger partial charge in [-0.1, -0.05) is 18.2 Å². The molecular formula is C25H27F3N2O5. The molecule has 0 amide bonds. The highest BCUT2D eigenvalue weighted by Gasteiger charge is 2.34. The Morgan fingerprint density at radius 3 is 2.46 bits per heavy atom. The summed E-state index contributed by atoms with van der Waals surface area (Å²) in [6.07, 6.45) is -1.97. The van der Waals surface area contributed by atoms with E-state index in [0.717, 1.165) is 6.07 Å². The second kappa shape index (κ2) is 10.7. The lowest BCUT2D eigenvalue weighted by atomic mass is 10.1. The van der Waals surface area contributed by atoms with Crippen LogP contribution in [0.4, 0.5) is 13.2 Å². The summed E-state index contributed by atoms with van der Waals surface area (Å²) >= 11 is 0. The zero-order valence-corrected chi connectivity index (χ0v) is 19.6. The molecule has 1 aromatic heterocycles. The number of rotatable bonds is 11. The monoisotopic (exact) mass is 492 g/mol. The molecule has 3 aromatic rings. The first-order chi connectivity index (χ1) is 16.5. The van der Waals surface area contributed by atoms with Crippen LogP contribution in [0.15, 0.2) is 54.7 Å². The number of hydrogen-bond acceptors (Lipinski definition) is 5. The molecule has 0 aliphatic heterocycles. The van der Waals surface area contributed by atoms with Crippen molar-refractivity contribution in [2.24, 2.45) is 0 Å². The first-order valence-electron chi connectivity index (χ1n) is 11.0. The van der Waals surface area contributed by atoms with Crippen LogP contribution in [0.5, 0.6) is 17.4 Å². The molecule has 10 heteroatoms. The summed E-state index contributed by atoms with van der Waals surface area (Å²) in [5, 5.41) is 13.4. The Balaban J connectivity index is 1.67. The molecule has 2 aromatic carbocycles. The van der Waals surface area contributed by atoms with Crippen molar-refractivity contribution in [1.82, 2.24) is 9.78 Å². The Morgan fingerprint density at radius 1 is 1.06 bits per heavy atom. The molecule has 7 nitrogen and oxygen atoms in total. The average Bonchev–Trinajstić information content (AvgIpc) is 3.19. The zero-order valence-electron chi connectivity index (χ0n) is 19.6. The smallest absolute Gasteiger partial charge is 0.418 e. The number of halogens is 3. The molecule has 0 fully saturated rings. The Bertz CT molecular complexity index is 1160. The van der Waals surface area contributed by atoms with Crippen molar-refractivity contribution in [2.45, 2.75) is 45.4 Å². The molecule has 0 aliphatic rings.